The van der Waals surface area contributed by atoms with E-state index in [2.05, 4.69) is 70.6 Å². The molecule has 4 rings (SSSR count). The molecule has 0 amide bonds. The molecule has 0 bridgehead atoms. The van der Waals surface area contributed by atoms with Crippen molar-refractivity contribution >= 4 is 6.34 Å². The summed E-state index contributed by atoms with van der Waals surface area (Å²) in [4.78, 5) is 6.87. The lowest BCUT2D eigenvalue weighted by Crippen LogP contribution is -2.35. The predicted molar refractivity (Wildman–Crippen MR) is 110 cm³/mol. The van der Waals surface area contributed by atoms with E-state index in [1.165, 1.54) is 24.0 Å². The third-order valence-corrected chi connectivity index (χ3v) is 5.44. The van der Waals surface area contributed by atoms with E-state index in [0.29, 0.717) is 18.4 Å². The first kappa shape index (κ1) is 17.6. The molecule has 0 radical (unpaired) electrons. The molecular weight excluding hydrogens is 332 g/mol. The number of piperidine rings is 1. The van der Waals surface area contributed by atoms with E-state index in [0.717, 1.165) is 18.8 Å². The molecule has 2 aromatic carbocycles. The van der Waals surface area contributed by atoms with Crippen LogP contribution in [0.25, 0.3) is 0 Å². The Hall–Kier alpha value is -2.81. The van der Waals surface area contributed by atoms with Gasteiger partial charge in [-0.2, -0.15) is 0 Å². The van der Waals surface area contributed by atoms with Crippen LogP contribution in [0.1, 0.15) is 35.6 Å². The summed E-state index contributed by atoms with van der Waals surface area (Å²) in [6.07, 6.45) is 6.06. The van der Waals surface area contributed by atoms with Gasteiger partial charge < -0.3 is 9.32 Å². The van der Waals surface area contributed by atoms with Gasteiger partial charge in [0.15, 0.2) is 0 Å². The molecular formula is C24H26N2O. The van der Waals surface area contributed by atoms with Crippen molar-refractivity contribution in [3.8, 4) is 0 Å². The molecule has 138 valence electrons. The van der Waals surface area contributed by atoms with Crippen molar-refractivity contribution in [3.05, 3.63) is 95.9 Å². The van der Waals surface area contributed by atoms with E-state index >= 15 is 0 Å². The highest BCUT2D eigenvalue weighted by Gasteiger charge is 2.28. The van der Waals surface area contributed by atoms with E-state index < -0.39 is 0 Å². The molecule has 2 heterocycles. The minimum absolute atomic E-state index is 0.467. The topological polar surface area (TPSA) is 28.7 Å². The fourth-order valence-electron chi connectivity index (χ4n) is 4.07. The summed E-state index contributed by atoms with van der Waals surface area (Å²) in [5.41, 5.74) is 2.85. The molecule has 1 fully saturated rings. The monoisotopic (exact) mass is 358 g/mol. The second-order valence-electron chi connectivity index (χ2n) is 7.21. The third kappa shape index (κ3) is 4.48. The smallest absolute Gasteiger partial charge is 0.125 e. The molecule has 1 aliphatic heterocycles. The Morgan fingerprint density at radius 3 is 2.07 bits per heavy atom. The lowest BCUT2D eigenvalue weighted by molar-refractivity contribution is 0.253. The Kier molecular flexibility index (Phi) is 5.68. The fraction of sp³-hybridized carbons (Fsp3) is 0.292. The van der Waals surface area contributed by atoms with Crippen LogP contribution in [-0.2, 0) is 6.54 Å². The molecule has 3 nitrogen and oxygen atoms in total. The fourth-order valence-corrected chi connectivity index (χ4v) is 4.07. The molecule has 0 spiro atoms. The first-order valence-corrected chi connectivity index (χ1v) is 9.76. The van der Waals surface area contributed by atoms with Gasteiger partial charge >= 0.3 is 0 Å². The van der Waals surface area contributed by atoms with Crippen LogP contribution >= 0.6 is 0 Å². The normalized spacial score (nSPS) is 15.7. The van der Waals surface area contributed by atoms with E-state index in [1.54, 1.807) is 6.26 Å². The van der Waals surface area contributed by atoms with Crippen molar-refractivity contribution in [1.82, 2.24) is 4.90 Å². The van der Waals surface area contributed by atoms with E-state index in [4.69, 9.17) is 4.42 Å². The first-order chi connectivity index (χ1) is 13.4. The Morgan fingerprint density at radius 1 is 0.889 bits per heavy atom. The van der Waals surface area contributed by atoms with Gasteiger partial charge in [0.05, 0.1) is 19.1 Å². The zero-order valence-corrected chi connectivity index (χ0v) is 15.6. The molecule has 1 saturated heterocycles. The van der Waals surface area contributed by atoms with Crippen LogP contribution < -0.4 is 0 Å². The molecule has 27 heavy (non-hydrogen) atoms. The molecule has 0 saturated carbocycles. The maximum Gasteiger partial charge on any atom is 0.125 e. The van der Waals surface area contributed by atoms with Gasteiger partial charge in [-0.3, -0.25) is 4.99 Å². The summed E-state index contributed by atoms with van der Waals surface area (Å²) in [5.74, 6) is 2.04. The molecule has 0 aliphatic carbocycles. The minimum atomic E-state index is 0.467. The highest BCUT2D eigenvalue weighted by Crippen LogP contribution is 2.37. The summed E-state index contributed by atoms with van der Waals surface area (Å²) in [7, 11) is 0. The van der Waals surface area contributed by atoms with Crippen LogP contribution in [0.2, 0.25) is 0 Å². The Morgan fingerprint density at radius 2 is 1.52 bits per heavy atom. The number of benzene rings is 2. The predicted octanol–water partition coefficient (Wildman–Crippen LogP) is 5.35. The van der Waals surface area contributed by atoms with E-state index in [-0.39, 0.29) is 0 Å². The number of hydrogen-bond acceptors (Lipinski definition) is 2. The van der Waals surface area contributed by atoms with Crippen molar-refractivity contribution in [3.63, 3.8) is 0 Å². The maximum absolute atomic E-state index is 5.34. The number of furan rings is 1. The van der Waals surface area contributed by atoms with Gasteiger partial charge in [-0.25, -0.2) is 0 Å². The third-order valence-electron chi connectivity index (χ3n) is 5.44. The standard InChI is InChI=1S/C24H26N2O/c1-3-8-20(9-4-1)24(21-10-5-2-6-11-21)22-13-15-26(16-14-22)19-25-18-23-12-7-17-27-23/h1-12,17,19,22,24H,13-16,18H2. The van der Waals surface area contributed by atoms with Gasteiger partial charge in [0.1, 0.15) is 5.76 Å². The summed E-state index contributed by atoms with van der Waals surface area (Å²) < 4.78 is 5.34. The van der Waals surface area contributed by atoms with Crippen LogP contribution in [0.4, 0.5) is 0 Å². The second kappa shape index (κ2) is 8.72. The summed E-state index contributed by atoms with van der Waals surface area (Å²) in [6, 6.07) is 25.8. The highest BCUT2D eigenvalue weighted by molar-refractivity contribution is 5.55. The van der Waals surface area contributed by atoms with Crippen molar-refractivity contribution in [2.24, 2.45) is 10.9 Å². The summed E-state index contributed by atoms with van der Waals surface area (Å²) in [5, 5.41) is 0. The molecule has 3 aromatic rings. The molecule has 0 unspecified atom stereocenters. The molecule has 3 heteroatoms. The summed E-state index contributed by atoms with van der Waals surface area (Å²) in [6.45, 7) is 2.73. The van der Waals surface area contributed by atoms with Crippen LogP contribution in [0.15, 0.2) is 88.5 Å². The lowest BCUT2D eigenvalue weighted by atomic mass is 9.76. The number of rotatable bonds is 6. The highest BCUT2D eigenvalue weighted by atomic mass is 16.3. The lowest BCUT2D eigenvalue weighted by Gasteiger charge is -2.36. The van der Waals surface area contributed by atoms with Crippen molar-refractivity contribution in [2.75, 3.05) is 13.1 Å². The average molecular weight is 358 g/mol. The van der Waals surface area contributed by atoms with E-state index in [9.17, 15) is 0 Å². The van der Waals surface area contributed by atoms with Gasteiger partial charge in [-0.1, -0.05) is 60.7 Å². The number of likely N-dealkylation sites (tertiary alicyclic amines) is 1. The number of hydrogen-bond donors (Lipinski definition) is 0. The Labute approximate surface area is 161 Å². The molecule has 0 atom stereocenters. The van der Waals surface area contributed by atoms with Crippen molar-refractivity contribution in [1.29, 1.82) is 0 Å². The molecule has 1 aliphatic rings. The Bertz CT molecular complexity index is 780. The van der Waals surface area contributed by atoms with E-state index in [1.807, 2.05) is 18.5 Å². The summed E-state index contributed by atoms with van der Waals surface area (Å²) >= 11 is 0. The quantitative estimate of drug-likeness (QED) is 0.439. The molecule has 0 N–H and O–H groups in total. The molecule has 1 aromatic heterocycles. The zero-order chi connectivity index (χ0) is 18.3. The van der Waals surface area contributed by atoms with Crippen LogP contribution in [0.5, 0.6) is 0 Å². The van der Waals surface area contributed by atoms with Crippen LogP contribution in [0.3, 0.4) is 0 Å². The van der Waals surface area contributed by atoms with Crippen molar-refractivity contribution < 1.29 is 4.42 Å². The second-order valence-corrected chi connectivity index (χ2v) is 7.21. The SMILES string of the molecule is C(=NCc1ccco1)N1CCC(C(c2ccccc2)c2ccccc2)CC1. The number of nitrogens with zero attached hydrogens (tertiary/aromatic N) is 2. The van der Waals surface area contributed by atoms with Crippen LogP contribution in [-0.4, -0.2) is 24.3 Å². The minimum Gasteiger partial charge on any atom is -0.467 e. The van der Waals surface area contributed by atoms with Gasteiger partial charge in [0.2, 0.25) is 0 Å². The largest absolute Gasteiger partial charge is 0.467 e. The van der Waals surface area contributed by atoms with Crippen molar-refractivity contribution in [2.45, 2.75) is 25.3 Å². The maximum atomic E-state index is 5.34. The number of aliphatic imine (C=N–C) groups is 1. The average Bonchev–Trinajstić information content (AvgIpc) is 3.25. The van der Waals surface area contributed by atoms with Gasteiger partial charge in [-0.15, -0.1) is 0 Å². The van der Waals surface area contributed by atoms with Crippen LogP contribution in [0, 0.1) is 5.92 Å². The van der Waals surface area contributed by atoms with Gasteiger partial charge in [-0.05, 0) is 42.0 Å². The van der Waals surface area contributed by atoms with Gasteiger partial charge in [0, 0.05) is 19.0 Å². The zero-order valence-electron chi connectivity index (χ0n) is 15.6. The first-order valence-electron chi connectivity index (χ1n) is 9.76. The van der Waals surface area contributed by atoms with Gasteiger partial charge in [0.25, 0.3) is 0 Å². The Balaban J connectivity index is 1.42.